The maximum atomic E-state index is 9.47. The highest BCUT2D eigenvalue weighted by atomic mass is 16.3. The van der Waals surface area contributed by atoms with E-state index in [0.29, 0.717) is 0 Å². The largest absolute Gasteiger partial charge is 0.393 e. The van der Waals surface area contributed by atoms with Crippen LogP contribution in [0.25, 0.3) is 0 Å². The minimum absolute atomic E-state index is 0.132. The van der Waals surface area contributed by atoms with Crippen LogP contribution in [0.3, 0.4) is 0 Å². The zero-order chi connectivity index (χ0) is 9.26. The summed E-state index contributed by atoms with van der Waals surface area (Å²) in [4.78, 5) is 0. The van der Waals surface area contributed by atoms with E-state index >= 15 is 0 Å². The predicted molar refractivity (Wildman–Crippen MR) is 54.0 cm³/mol. The number of anilines is 1. The molecule has 2 N–H and O–H groups in total. The van der Waals surface area contributed by atoms with Gasteiger partial charge in [0.05, 0.1) is 6.10 Å². The third kappa shape index (κ3) is 1.68. The summed E-state index contributed by atoms with van der Waals surface area (Å²) >= 11 is 0. The fraction of sp³-hybridized carbons (Fsp3) is 0.455. The molecule has 1 aromatic rings. The molecule has 0 amide bonds. The molecule has 0 radical (unpaired) electrons. The van der Waals surface area contributed by atoms with Gasteiger partial charge in [-0.05, 0) is 42.5 Å². The van der Waals surface area contributed by atoms with Crippen LogP contribution in [0.4, 0.5) is 5.69 Å². The first-order chi connectivity index (χ1) is 6.29. The van der Waals surface area contributed by atoms with Crippen LogP contribution in [-0.4, -0.2) is 18.3 Å². The summed E-state index contributed by atoms with van der Waals surface area (Å²) < 4.78 is 0. The van der Waals surface area contributed by atoms with Crippen LogP contribution in [0.1, 0.15) is 17.5 Å². The molecule has 1 unspecified atom stereocenters. The summed E-state index contributed by atoms with van der Waals surface area (Å²) in [6, 6.07) is 6.36. The number of aryl methyl sites for hydroxylation is 1. The number of fused-ring (bicyclic) bond motifs is 1. The number of hydrogen-bond donors (Lipinski definition) is 2. The van der Waals surface area contributed by atoms with E-state index in [2.05, 4.69) is 23.5 Å². The van der Waals surface area contributed by atoms with E-state index in [1.54, 1.807) is 0 Å². The Bertz CT molecular complexity index is 309. The lowest BCUT2D eigenvalue weighted by Gasteiger charge is -2.21. The summed E-state index contributed by atoms with van der Waals surface area (Å²) in [5.41, 5.74) is 3.85. The quantitative estimate of drug-likeness (QED) is 0.682. The van der Waals surface area contributed by atoms with E-state index in [1.165, 1.54) is 11.1 Å². The first kappa shape index (κ1) is 8.57. The van der Waals surface area contributed by atoms with Gasteiger partial charge in [-0.15, -0.1) is 0 Å². The minimum atomic E-state index is -0.132. The van der Waals surface area contributed by atoms with Crippen molar-refractivity contribution in [2.24, 2.45) is 0 Å². The van der Waals surface area contributed by atoms with Gasteiger partial charge in [0.15, 0.2) is 0 Å². The first-order valence-electron chi connectivity index (χ1n) is 4.77. The Balaban J connectivity index is 2.31. The van der Waals surface area contributed by atoms with Crippen molar-refractivity contribution in [3.05, 3.63) is 29.3 Å². The van der Waals surface area contributed by atoms with Gasteiger partial charge in [0, 0.05) is 12.7 Å². The second kappa shape index (κ2) is 3.38. The minimum Gasteiger partial charge on any atom is -0.393 e. The summed E-state index contributed by atoms with van der Waals surface area (Å²) in [5, 5.41) is 12.6. The number of rotatable bonds is 1. The molecular formula is C11H15NO. The smallest absolute Gasteiger partial charge is 0.0583 e. The highest BCUT2D eigenvalue weighted by Gasteiger charge is 2.15. The van der Waals surface area contributed by atoms with E-state index in [4.69, 9.17) is 0 Å². The van der Waals surface area contributed by atoms with Crippen LogP contribution >= 0.6 is 0 Å². The maximum Gasteiger partial charge on any atom is 0.0583 e. The van der Waals surface area contributed by atoms with Crippen molar-refractivity contribution in [2.45, 2.75) is 25.4 Å². The molecule has 0 spiro atoms. The van der Waals surface area contributed by atoms with Gasteiger partial charge in [0.25, 0.3) is 0 Å². The van der Waals surface area contributed by atoms with E-state index in [-0.39, 0.29) is 6.10 Å². The van der Waals surface area contributed by atoms with Gasteiger partial charge in [0.2, 0.25) is 0 Å². The van der Waals surface area contributed by atoms with E-state index < -0.39 is 0 Å². The molecule has 1 aliphatic rings. The van der Waals surface area contributed by atoms with E-state index in [0.717, 1.165) is 24.9 Å². The zero-order valence-corrected chi connectivity index (χ0v) is 7.88. The highest BCUT2D eigenvalue weighted by molar-refractivity contribution is 5.49. The zero-order valence-electron chi connectivity index (χ0n) is 7.88. The van der Waals surface area contributed by atoms with Crippen LogP contribution in [0.2, 0.25) is 0 Å². The molecule has 0 aromatic heterocycles. The molecule has 0 saturated carbocycles. The highest BCUT2D eigenvalue weighted by Crippen LogP contribution is 2.24. The van der Waals surface area contributed by atoms with Crippen LogP contribution in [0.15, 0.2) is 18.2 Å². The number of benzene rings is 1. The molecule has 0 saturated heterocycles. The summed E-state index contributed by atoms with van der Waals surface area (Å²) in [6.45, 7) is 0. The van der Waals surface area contributed by atoms with Gasteiger partial charge >= 0.3 is 0 Å². The van der Waals surface area contributed by atoms with Crippen molar-refractivity contribution in [1.29, 1.82) is 0 Å². The fourth-order valence-corrected chi connectivity index (χ4v) is 1.89. The van der Waals surface area contributed by atoms with Crippen LogP contribution < -0.4 is 5.32 Å². The Kier molecular flexibility index (Phi) is 2.23. The molecule has 1 atom stereocenters. The van der Waals surface area contributed by atoms with Crippen LogP contribution in [-0.2, 0) is 12.8 Å². The number of aliphatic hydroxyl groups is 1. The normalized spacial score (nSPS) is 20.9. The number of aliphatic hydroxyl groups excluding tert-OH is 1. The fourth-order valence-electron chi connectivity index (χ4n) is 1.89. The molecule has 1 aromatic carbocycles. The SMILES string of the molecule is CNc1ccc2c(c1)CCC(O)C2. The standard InChI is InChI=1S/C11H15NO/c1-12-10-4-2-9-7-11(13)5-3-8(9)6-10/h2,4,6,11-13H,3,5,7H2,1H3. The summed E-state index contributed by atoms with van der Waals surface area (Å²) in [6.07, 6.45) is 2.60. The summed E-state index contributed by atoms with van der Waals surface area (Å²) in [7, 11) is 1.93. The Morgan fingerprint density at radius 2 is 2.23 bits per heavy atom. The lowest BCUT2D eigenvalue weighted by molar-refractivity contribution is 0.158. The van der Waals surface area contributed by atoms with Crippen molar-refractivity contribution >= 4 is 5.69 Å². The van der Waals surface area contributed by atoms with Gasteiger partial charge < -0.3 is 10.4 Å². The van der Waals surface area contributed by atoms with Gasteiger partial charge in [-0.1, -0.05) is 6.07 Å². The maximum absolute atomic E-state index is 9.47. The van der Waals surface area contributed by atoms with Crippen molar-refractivity contribution in [1.82, 2.24) is 0 Å². The molecular weight excluding hydrogens is 162 g/mol. The van der Waals surface area contributed by atoms with E-state index in [9.17, 15) is 5.11 Å². The third-order valence-corrected chi connectivity index (χ3v) is 2.70. The van der Waals surface area contributed by atoms with Gasteiger partial charge in [-0.25, -0.2) is 0 Å². The van der Waals surface area contributed by atoms with Crippen molar-refractivity contribution < 1.29 is 5.11 Å². The lowest BCUT2D eigenvalue weighted by atomic mass is 9.89. The summed E-state index contributed by atoms with van der Waals surface area (Å²) in [5.74, 6) is 0. The molecule has 2 nitrogen and oxygen atoms in total. The van der Waals surface area contributed by atoms with E-state index in [1.807, 2.05) is 7.05 Å². The average Bonchev–Trinajstić information content (AvgIpc) is 2.17. The second-order valence-corrected chi connectivity index (χ2v) is 3.63. The van der Waals surface area contributed by atoms with Crippen LogP contribution in [0, 0.1) is 0 Å². The first-order valence-corrected chi connectivity index (χ1v) is 4.77. The molecule has 1 aliphatic carbocycles. The predicted octanol–water partition coefficient (Wildman–Crippen LogP) is 1.58. The molecule has 0 bridgehead atoms. The molecule has 0 fully saturated rings. The topological polar surface area (TPSA) is 32.3 Å². The molecule has 13 heavy (non-hydrogen) atoms. The molecule has 2 rings (SSSR count). The monoisotopic (exact) mass is 177 g/mol. The van der Waals surface area contributed by atoms with Gasteiger partial charge in [-0.2, -0.15) is 0 Å². The Labute approximate surface area is 78.6 Å². The Hall–Kier alpha value is -1.02. The third-order valence-electron chi connectivity index (χ3n) is 2.70. The molecule has 2 heteroatoms. The molecule has 0 heterocycles. The van der Waals surface area contributed by atoms with Gasteiger partial charge in [0.1, 0.15) is 0 Å². The van der Waals surface area contributed by atoms with Crippen molar-refractivity contribution in [2.75, 3.05) is 12.4 Å². The van der Waals surface area contributed by atoms with Gasteiger partial charge in [-0.3, -0.25) is 0 Å². The number of hydrogen-bond acceptors (Lipinski definition) is 2. The lowest BCUT2D eigenvalue weighted by Crippen LogP contribution is -2.18. The number of nitrogens with one attached hydrogen (secondary N) is 1. The second-order valence-electron chi connectivity index (χ2n) is 3.63. The van der Waals surface area contributed by atoms with Crippen molar-refractivity contribution in [3.63, 3.8) is 0 Å². The van der Waals surface area contributed by atoms with Crippen molar-refractivity contribution in [3.8, 4) is 0 Å². The molecule has 0 aliphatic heterocycles. The average molecular weight is 177 g/mol. The Morgan fingerprint density at radius 1 is 1.38 bits per heavy atom. The Morgan fingerprint density at radius 3 is 3.00 bits per heavy atom. The van der Waals surface area contributed by atoms with Crippen LogP contribution in [0.5, 0.6) is 0 Å². The molecule has 70 valence electrons.